The minimum atomic E-state index is -0.0781. The van der Waals surface area contributed by atoms with E-state index in [4.69, 9.17) is 4.52 Å². The summed E-state index contributed by atoms with van der Waals surface area (Å²) in [6, 6.07) is 1.84. The smallest absolute Gasteiger partial charge is 0.292 e. The summed E-state index contributed by atoms with van der Waals surface area (Å²) in [6.07, 6.45) is 6.46. The molecule has 2 aromatic rings. The number of carbonyl (C=O) groups is 1. The SMILES string of the molecule is Cc1cc(C(=O)N2CCC[C@H]2Cn2cc(C3CC3)nn2)on1. The molecule has 2 aliphatic rings. The molecule has 7 heteroatoms. The van der Waals surface area contributed by atoms with Crippen LogP contribution in [0.5, 0.6) is 0 Å². The van der Waals surface area contributed by atoms with Crippen molar-refractivity contribution in [3.05, 3.63) is 29.4 Å². The van der Waals surface area contributed by atoms with Crippen LogP contribution in [0.1, 0.15) is 53.5 Å². The molecule has 0 unspecified atom stereocenters. The molecule has 2 aromatic heterocycles. The van der Waals surface area contributed by atoms with E-state index in [1.165, 1.54) is 12.8 Å². The Morgan fingerprint density at radius 3 is 3.00 bits per heavy atom. The Bertz CT molecular complexity index is 688. The van der Waals surface area contributed by atoms with Gasteiger partial charge < -0.3 is 9.42 Å². The van der Waals surface area contributed by atoms with Crippen LogP contribution in [0, 0.1) is 6.92 Å². The van der Waals surface area contributed by atoms with Crippen molar-refractivity contribution in [2.24, 2.45) is 0 Å². The molecule has 0 radical (unpaired) electrons. The monoisotopic (exact) mass is 301 g/mol. The molecule has 1 aliphatic heterocycles. The predicted octanol–water partition coefficient (Wildman–Crippen LogP) is 1.76. The van der Waals surface area contributed by atoms with Crippen molar-refractivity contribution in [1.82, 2.24) is 25.1 Å². The zero-order valence-corrected chi connectivity index (χ0v) is 12.6. The van der Waals surface area contributed by atoms with Crippen LogP contribution in [-0.2, 0) is 6.54 Å². The van der Waals surface area contributed by atoms with E-state index in [-0.39, 0.29) is 11.9 Å². The lowest BCUT2D eigenvalue weighted by atomic mass is 10.2. The topological polar surface area (TPSA) is 77.0 Å². The van der Waals surface area contributed by atoms with E-state index in [0.29, 0.717) is 18.2 Å². The lowest BCUT2D eigenvalue weighted by Crippen LogP contribution is -2.38. The van der Waals surface area contributed by atoms with E-state index >= 15 is 0 Å². The second-order valence-corrected chi connectivity index (χ2v) is 6.27. The zero-order valence-electron chi connectivity index (χ0n) is 12.6. The molecule has 116 valence electrons. The molecule has 1 aliphatic carbocycles. The number of carbonyl (C=O) groups excluding carboxylic acids is 1. The Balaban J connectivity index is 1.46. The van der Waals surface area contributed by atoms with Gasteiger partial charge in [0, 0.05) is 24.7 Å². The number of hydrogen-bond donors (Lipinski definition) is 0. The number of likely N-dealkylation sites (tertiary alicyclic amines) is 1. The summed E-state index contributed by atoms with van der Waals surface area (Å²) < 4.78 is 6.98. The minimum Gasteiger partial charge on any atom is -0.351 e. The third-order valence-corrected chi connectivity index (χ3v) is 4.43. The highest BCUT2D eigenvalue weighted by Crippen LogP contribution is 2.38. The first-order valence-corrected chi connectivity index (χ1v) is 7.85. The Morgan fingerprint density at radius 2 is 2.27 bits per heavy atom. The number of hydrogen-bond acceptors (Lipinski definition) is 5. The number of aryl methyl sites for hydroxylation is 1. The van der Waals surface area contributed by atoms with Crippen LogP contribution in [0.3, 0.4) is 0 Å². The van der Waals surface area contributed by atoms with E-state index in [1.54, 1.807) is 6.07 Å². The van der Waals surface area contributed by atoms with Gasteiger partial charge in [0.25, 0.3) is 5.91 Å². The molecule has 1 saturated heterocycles. The number of aromatic nitrogens is 4. The number of rotatable bonds is 4. The summed E-state index contributed by atoms with van der Waals surface area (Å²) in [5.74, 6) is 0.847. The van der Waals surface area contributed by atoms with Gasteiger partial charge in [-0.15, -0.1) is 5.10 Å². The average Bonchev–Trinajstić information content (AvgIpc) is 2.90. The van der Waals surface area contributed by atoms with Crippen LogP contribution >= 0.6 is 0 Å². The molecule has 0 bridgehead atoms. The van der Waals surface area contributed by atoms with Crippen molar-refractivity contribution in [1.29, 1.82) is 0 Å². The summed E-state index contributed by atoms with van der Waals surface area (Å²) in [4.78, 5) is 14.4. The summed E-state index contributed by atoms with van der Waals surface area (Å²) in [5.41, 5.74) is 1.81. The first kappa shape index (κ1) is 13.5. The number of amides is 1. The third kappa shape index (κ3) is 2.51. The molecule has 0 N–H and O–H groups in total. The molecule has 1 atom stereocenters. The van der Waals surface area contributed by atoms with Crippen LogP contribution in [0.2, 0.25) is 0 Å². The highest BCUT2D eigenvalue weighted by Gasteiger charge is 2.32. The van der Waals surface area contributed by atoms with Crippen molar-refractivity contribution < 1.29 is 9.32 Å². The van der Waals surface area contributed by atoms with E-state index in [0.717, 1.165) is 30.8 Å². The second-order valence-electron chi connectivity index (χ2n) is 6.27. The van der Waals surface area contributed by atoms with Crippen molar-refractivity contribution in [3.63, 3.8) is 0 Å². The van der Waals surface area contributed by atoms with Crippen LogP contribution in [0.15, 0.2) is 16.8 Å². The van der Waals surface area contributed by atoms with E-state index in [1.807, 2.05) is 22.7 Å². The molecule has 1 saturated carbocycles. The van der Waals surface area contributed by atoms with Gasteiger partial charge in [0.1, 0.15) is 0 Å². The fourth-order valence-corrected chi connectivity index (χ4v) is 3.08. The highest BCUT2D eigenvalue weighted by atomic mass is 16.5. The lowest BCUT2D eigenvalue weighted by Gasteiger charge is -2.23. The second kappa shape index (κ2) is 5.23. The van der Waals surface area contributed by atoms with Crippen LogP contribution in [-0.4, -0.2) is 43.5 Å². The van der Waals surface area contributed by atoms with Gasteiger partial charge in [-0.25, -0.2) is 0 Å². The molecule has 22 heavy (non-hydrogen) atoms. The Morgan fingerprint density at radius 1 is 1.41 bits per heavy atom. The van der Waals surface area contributed by atoms with Crippen LogP contribution < -0.4 is 0 Å². The Labute approximate surface area is 128 Å². The fraction of sp³-hybridized carbons (Fsp3) is 0.600. The standard InChI is InChI=1S/C15H19N5O2/c1-10-7-14(22-17-10)15(21)20-6-2-3-12(20)8-19-9-13(16-18-19)11-4-5-11/h7,9,11-12H,2-6,8H2,1H3/t12-/m0/s1. The summed E-state index contributed by atoms with van der Waals surface area (Å²) in [5, 5.41) is 12.2. The van der Waals surface area contributed by atoms with E-state index in [9.17, 15) is 4.79 Å². The molecule has 4 rings (SSSR count). The normalized spacial score (nSPS) is 21.5. The predicted molar refractivity (Wildman–Crippen MR) is 77.3 cm³/mol. The van der Waals surface area contributed by atoms with E-state index in [2.05, 4.69) is 15.5 Å². The summed E-state index contributed by atoms with van der Waals surface area (Å²) in [7, 11) is 0. The van der Waals surface area contributed by atoms with Gasteiger partial charge in [0.05, 0.1) is 24.0 Å². The highest BCUT2D eigenvalue weighted by molar-refractivity contribution is 5.91. The van der Waals surface area contributed by atoms with Gasteiger partial charge >= 0.3 is 0 Å². The maximum absolute atomic E-state index is 12.5. The fourth-order valence-electron chi connectivity index (χ4n) is 3.08. The minimum absolute atomic E-state index is 0.0781. The largest absolute Gasteiger partial charge is 0.351 e. The van der Waals surface area contributed by atoms with Gasteiger partial charge in [-0.2, -0.15) is 0 Å². The van der Waals surface area contributed by atoms with Gasteiger partial charge in [-0.05, 0) is 32.6 Å². The zero-order chi connectivity index (χ0) is 15.1. The van der Waals surface area contributed by atoms with Crippen molar-refractivity contribution in [3.8, 4) is 0 Å². The molecule has 3 heterocycles. The third-order valence-electron chi connectivity index (χ3n) is 4.43. The summed E-state index contributed by atoms with van der Waals surface area (Å²) in [6.45, 7) is 3.27. The Kier molecular flexibility index (Phi) is 3.20. The van der Waals surface area contributed by atoms with Gasteiger partial charge in [0.2, 0.25) is 5.76 Å². The quantitative estimate of drug-likeness (QED) is 0.860. The van der Waals surface area contributed by atoms with E-state index < -0.39 is 0 Å². The first-order valence-electron chi connectivity index (χ1n) is 7.85. The van der Waals surface area contributed by atoms with Crippen LogP contribution in [0.4, 0.5) is 0 Å². The maximum Gasteiger partial charge on any atom is 0.292 e. The maximum atomic E-state index is 12.5. The van der Waals surface area contributed by atoms with Gasteiger partial charge in [-0.1, -0.05) is 10.4 Å². The molecule has 0 aromatic carbocycles. The van der Waals surface area contributed by atoms with Crippen molar-refractivity contribution in [2.45, 2.75) is 51.1 Å². The van der Waals surface area contributed by atoms with Crippen LogP contribution in [0.25, 0.3) is 0 Å². The van der Waals surface area contributed by atoms with Gasteiger partial charge in [0.15, 0.2) is 0 Å². The van der Waals surface area contributed by atoms with Gasteiger partial charge in [-0.3, -0.25) is 9.48 Å². The summed E-state index contributed by atoms with van der Waals surface area (Å²) >= 11 is 0. The van der Waals surface area contributed by atoms with Crippen molar-refractivity contribution in [2.75, 3.05) is 6.54 Å². The lowest BCUT2D eigenvalue weighted by molar-refractivity contribution is 0.0679. The average molecular weight is 301 g/mol. The molecule has 2 fully saturated rings. The molecule has 0 spiro atoms. The molecular formula is C15H19N5O2. The Hall–Kier alpha value is -2.18. The molecule has 1 amide bonds. The first-order chi connectivity index (χ1) is 10.7. The number of nitrogens with zero attached hydrogens (tertiary/aromatic N) is 5. The van der Waals surface area contributed by atoms with Crippen molar-refractivity contribution >= 4 is 5.91 Å². The molecular weight excluding hydrogens is 282 g/mol. The molecule has 7 nitrogen and oxygen atoms in total.